The first-order valence-electron chi connectivity index (χ1n) is 8.51. The molecule has 0 N–H and O–H groups in total. The summed E-state index contributed by atoms with van der Waals surface area (Å²) in [4.78, 5) is 13.2. The van der Waals surface area contributed by atoms with Gasteiger partial charge >= 0.3 is 0 Å². The van der Waals surface area contributed by atoms with E-state index in [1.807, 2.05) is 24.4 Å². The zero-order valence-electron chi connectivity index (χ0n) is 14.5. The molecule has 1 aliphatic rings. The minimum absolute atomic E-state index is 0.0480. The number of rotatable bonds is 5. The first kappa shape index (κ1) is 15.7. The third kappa shape index (κ3) is 3.36. The van der Waals surface area contributed by atoms with Crippen LogP contribution in [-0.4, -0.2) is 41.3 Å². The van der Waals surface area contributed by atoms with Crippen LogP contribution in [-0.2, 0) is 4.79 Å². The lowest BCUT2D eigenvalue weighted by Crippen LogP contribution is -2.27. The molecule has 1 saturated carbocycles. The third-order valence-electron chi connectivity index (χ3n) is 4.53. The van der Waals surface area contributed by atoms with Gasteiger partial charge in [0.15, 0.2) is 6.61 Å². The van der Waals surface area contributed by atoms with Crippen molar-refractivity contribution in [1.82, 2.24) is 14.7 Å². The van der Waals surface area contributed by atoms with Gasteiger partial charge in [0.25, 0.3) is 5.91 Å². The lowest BCUT2D eigenvalue weighted by Gasteiger charge is -2.12. The van der Waals surface area contributed by atoms with Gasteiger partial charge in [-0.2, -0.15) is 5.10 Å². The fourth-order valence-electron chi connectivity index (χ4n) is 2.79. The van der Waals surface area contributed by atoms with Crippen molar-refractivity contribution in [2.24, 2.45) is 0 Å². The number of hydrogen-bond donors (Lipinski definition) is 0. The second-order valence-electron chi connectivity index (χ2n) is 6.74. The van der Waals surface area contributed by atoms with E-state index < -0.39 is 0 Å². The van der Waals surface area contributed by atoms with Crippen molar-refractivity contribution >= 4 is 16.7 Å². The molecule has 0 bridgehead atoms. The summed E-state index contributed by atoms with van der Waals surface area (Å²) in [6, 6.07) is 12.8. The van der Waals surface area contributed by atoms with Gasteiger partial charge in [-0.3, -0.25) is 9.48 Å². The molecule has 0 unspecified atom stereocenters. The van der Waals surface area contributed by atoms with Crippen molar-refractivity contribution in [2.75, 3.05) is 20.7 Å². The summed E-state index contributed by atoms with van der Waals surface area (Å²) in [5.74, 6) is 0.648. The zero-order chi connectivity index (χ0) is 17.4. The zero-order valence-corrected chi connectivity index (χ0v) is 14.5. The van der Waals surface area contributed by atoms with E-state index in [0.29, 0.717) is 11.8 Å². The standard InChI is InChI=1S/C20H21N3O2/c1-22(2)20(24)13-25-19-8-5-14-3-4-15(9-16(14)10-19)17-11-21-23(12-17)18-6-7-18/h3-5,8-12,18H,6-7,13H2,1-2H3. The monoisotopic (exact) mass is 335 g/mol. The molecule has 0 saturated heterocycles. The largest absolute Gasteiger partial charge is 0.484 e. The maximum absolute atomic E-state index is 11.7. The van der Waals surface area contributed by atoms with Crippen LogP contribution >= 0.6 is 0 Å². The van der Waals surface area contributed by atoms with Crippen LogP contribution in [0.5, 0.6) is 5.75 Å². The number of fused-ring (bicyclic) bond motifs is 1. The molecule has 1 fully saturated rings. The van der Waals surface area contributed by atoms with Crippen LogP contribution in [0.1, 0.15) is 18.9 Å². The summed E-state index contributed by atoms with van der Waals surface area (Å²) in [6.45, 7) is 0.0480. The molecule has 1 heterocycles. The van der Waals surface area contributed by atoms with E-state index >= 15 is 0 Å². The Morgan fingerprint density at radius 1 is 1.16 bits per heavy atom. The van der Waals surface area contributed by atoms with Crippen molar-refractivity contribution < 1.29 is 9.53 Å². The molecule has 0 spiro atoms. The van der Waals surface area contributed by atoms with Gasteiger partial charge in [-0.1, -0.05) is 18.2 Å². The highest BCUT2D eigenvalue weighted by Crippen LogP contribution is 2.35. The summed E-state index contributed by atoms with van der Waals surface area (Å²) >= 11 is 0. The van der Waals surface area contributed by atoms with Gasteiger partial charge in [0, 0.05) is 25.9 Å². The van der Waals surface area contributed by atoms with Crippen molar-refractivity contribution in [3.8, 4) is 16.9 Å². The van der Waals surface area contributed by atoms with Crippen molar-refractivity contribution in [3.05, 3.63) is 48.8 Å². The Morgan fingerprint density at radius 3 is 2.72 bits per heavy atom. The van der Waals surface area contributed by atoms with Gasteiger partial charge in [-0.15, -0.1) is 0 Å². The van der Waals surface area contributed by atoms with E-state index in [-0.39, 0.29) is 12.5 Å². The van der Waals surface area contributed by atoms with Gasteiger partial charge in [0.1, 0.15) is 5.75 Å². The van der Waals surface area contributed by atoms with Crippen molar-refractivity contribution in [1.29, 1.82) is 0 Å². The smallest absolute Gasteiger partial charge is 0.259 e. The molecule has 4 rings (SSSR count). The van der Waals surface area contributed by atoms with Gasteiger partial charge in [0.2, 0.25) is 0 Å². The Labute approximate surface area is 146 Å². The van der Waals surface area contributed by atoms with E-state index in [2.05, 4.69) is 34.2 Å². The molecule has 1 aliphatic carbocycles. The molecule has 1 amide bonds. The second kappa shape index (κ2) is 6.24. The summed E-state index contributed by atoms with van der Waals surface area (Å²) in [7, 11) is 3.44. The number of carbonyl (C=O) groups excluding carboxylic acids is 1. The van der Waals surface area contributed by atoms with Crippen LogP contribution in [0.2, 0.25) is 0 Å². The Balaban J connectivity index is 1.58. The average Bonchev–Trinajstić information content (AvgIpc) is 3.35. The molecule has 1 aromatic heterocycles. The topological polar surface area (TPSA) is 47.4 Å². The summed E-state index contributed by atoms with van der Waals surface area (Å²) in [5, 5.41) is 6.70. The van der Waals surface area contributed by atoms with Gasteiger partial charge in [0.05, 0.1) is 12.2 Å². The van der Waals surface area contributed by atoms with Crippen LogP contribution in [0.3, 0.4) is 0 Å². The number of amides is 1. The molecule has 0 aliphatic heterocycles. The highest BCUT2D eigenvalue weighted by atomic mass is 16.5. The maximum atomic E-state index is 11.7. The van der Waals surface area contributed by atoms with Gasteiger partial charge in [-0.05, 0) is 47.4 Å². The molecule has 25 heavy (non-hydrogen) atoms. The number of carbonyl (C=O) groups is 1. The number of nitrogens with zero attached hydrogens (tertiary/aromatic N) is 3. The lowest BCUT2D eigenvalue weighted by molar-refractivity contribution is -0.130. The molecule has 5 heteroatoms. The van der Waals surface area contributed by atoms with E-state index in [0.717, 1.165) is 21.9 Å². The first-order chi connectivity index (χ1) is 12.1. The predicted molar refractivity (Wildman–Crippen MR) is 97.6 cm³/mol. The Morgan fingerprint density at radius 2 is 1.96 bits per heavy atom. The number of ether oxygens (including phenoxy) is 1. The highest BCUT2D eigenvalue weighted by Gasteiger charge is 2.24. The maximum Gasteiger partial charge on any atom is 0.259 e. The van der Waals surface area contributed by atoms with Crippen LogP contribution in [0.15, 0.2) is 48.8 Å². The predicted octanol–water partition coefficient (Wildman–Crippen LogP) is 3.51. The van der Waals surface area contributed by atoms with Crippen LogP contribution in [0.4, 0.5) is 0 Å². The minimum atomic E-state index is -0.0543. The molecule has 0 atom stereocenters. The molecular weight excluding hydrogens is 314 g/mol. The quantitative estimate of drug-likeness (QED) is 0.717. The molecule has 128 valence electrons. The molecule has 3 aromatic rings. The van der Waals surface area contributed by atoms with Crippen LogP contribution in [0.25, 0.3) is 21.9 Å². The van der Waals surface area contributed by atoms with Gasteiger partial charge in [-0.25, -0.2) is 0 Å². The van der Waals surface area contributed by atoms with Gasteiger partial charge < -0.3 is 9.64 Å². The van der Waals surface area contributed by atoms with E-state index in [4.69, 9.17) is 4.74 Å². The number of likely N-dealkylation sites (N-methyl/N-ethyl adjacent to an activating group) is 1. The van der Waals surface area contributed by atoms with Crippen LogP contribution in [0, 0.1) is 0 Å². The minimum Gasteiger partial charge on any atom is -0.484 e. The SMILES string of the molecule is CN(C)C(=O)COc1ccc2ccc(-c3cnn(C4CC4)c3)cc2c1. The molecular formula is C20H21N3O2. The normalized spacial score (nSPS) is 13.8. The first-order valence-corrected chi connectivity index (χ1v) is 8.51. The Kier molecular flexibility index (Phi) is 3.92. The molecule has 5 nitrogen and oxygen atoms in total. The summed E-state index contributed by atoms with van der Waals surface area (Å²) in [6.07, 6.45) is 6.50. The van der Waals surface area contributed by atoms with Crippen molar-refractivity contribution in [2.45, 2.75) is 18.9 Å². The fraction of sp³-hybridized carbons (Fsp3) is 0.300. The lowest BCUT2D eigenvalue weighted by atomic mass is 10.0. The van der Waals surface area contributed by atoms with E-state index in [9.17, 15) is 4.79 Å². The molecule has 2 aromatic carbocycles. The number of aromatic nitrogens is 2. The summed E-state index contributed by atoms with van der Waals surface area (Å²) in [5.41, 5.74) is 2.27. The fourth-order valence-corrected chi connectivity index (χ4v) is 2.79. The number of benzene rings is 2. The number of hydrogen-bond acceptors (Lipinski definition) is 3. The van der Waals surface area contributed by atoms with Crippen LogP contribution < -0.4 is 4.74 Å². The average molecular weight is 335 g/mol. The summed E-state index contributed by atoms with van der Waals surface area (Å²) < 4.78 is 7.68. The van der Waals surface area contributed by atoms with Crippen molar-refractivity contribution in [3.63, 3.8) is 0 Å². The third-order valence-corrected chi connectivity index (χ3v) is 4.53. The Bertz CT molecular complexity index is 926. The Hall–Kier alpha value is -2.82. The highest BCUT2D eigenvalue weighted by molar-refractivity contribution is 5.88. The van der Waals surface area contributed by atoms with E-state index in [1.54, 1.807) is 14.1 Å². The second-order valence-corrected chi connectivity index (χ2v) is 6.74. The molecule has 0 radical (unpaired) electrons. The van der Waals surface area contributed by atoms with E-state index in [1.165, 1.54) is 17.7 Å².